The highest BCUT2D eigenvalue weighted by Crippen LogP contribution is 2.23. The summed E-state index contributed by atoms with van der Waals surface area (Å²) in [4.78, 5) is 26.8. The summed E-state index contributed by atoms with van der Waals surface area (Å²) < 4.78 is 39.2. The number of likely N-dealkylation sites (tertiary alicyclic amines) is 1. The van der Waals surface area contributed by atoms with Crippen molar-refractivity contribution in [2.75, 3.05) is 13.1 Å². The zero-order chi connectivity index (χ0) is 26.3. The van der Waals surface area contributed by atoms with E-state index in [-0.39, 0.29) is 50.5 Å². The lowest BCUT2D eigenvalue weighted by Gasteiger charge is -2.31. The number of rotatable bonds is 8. The van der Waals surface area contributed by atoms with Gasteiger partial charge < -0.3 is 14.4 Å². The predicted octanol–water partition coefficient (Wildman–Crippen LogP) is 4.78. The smallest absolute Gasteiger partial charge is 0.410 e. The second-order valence-corrected chi connectivity index (χ2v) is 11.0. The molecule has 0 atom stereocenters. The maximum atomic E-state index is 13.0. The average Bonchev–Trinajstić information content (AvgIpc) is 2.91. The summed E-state index contributed by atoms with van der Waals surface area (Å²) in [5, 5.41) is -0.247. The lowest BCUT2D eigenvalue weighted by molar-refractivity contribution is 0.0892. The molecule has 0 radical (unpaired) electrons. The van der Waals surface area contributed by atoms with Crippen LogP contribution in [-0.2, 0) is 28.0 Å². The molecule has 0 bridgehead atoms. The van der Waals surface area contributed by atoms with Crippen LogP contribution in [0.25, 0.3) is 0 Å². The third kappa shape index (κ3) is 7.24. The van der Waals surface area contributed by atoms with Gasteiger partial charge in [0.25, 0.3) is 5.91 Å². The van der Waals surface area contributed by atoms with Crippen molar-refractivity contribution in [3.8, 4) is 5.75 Å². The van der Waals surface area contributed by atoms with Gasteiger partial charge >= 0.3 is 6.09 Å². The molecule has 4 rings (SSSR count). The van der Waals surface area contributed by atoms with Crippen LogP contribution in [0.3, 0.4) is 0 Å². The van der Waals surface area contributed by atoms with Crippen LogP contribution in [0.15, 0.2) is 78.9 Å². The number of hydrogen-bond acceptors (Lipinski definition) is 6. The molecule has 1 N–H and O–H groups in total. The van der Waals surface area contributed by atoms with Gasteiger partial charge in [-0.3, -0.25) is 4.79 Å². The first kappa shape index (κ1) is 26.5. The number of sulfonamides is 1. The number of carbonyl (C=O) groups excluding carboxylic acids is 2. The third-order valence-corrected chi connectivity index (χ3v) is 8.05. The van der Waals surface area contributed by atoms with Crippen molar-refractivity contribution in [2.45, 2.75) is 31.3 Å². The van der Waals surface area contributed by atoms with Gasteiger partial charge in [-0.05, 0) is 48.2 Å². The molecule has 0 saturated carbocycles. The van der Waals surface area contributed by atoms with Crippen LogP contribution < -0.4 is 9.46 Å². The molecule has 0 unspecified atom stereocenters. The second-order valence-electron chi connectivity index (χ2n) is 8.62. The van der Waals surface area contributed by atoms with Gasteiger partial charge in [-0.25, -0.2) is 17.9 Å². The van der Waals surface area contributed by atoms with Gasteiger partial charge in [0, 0.05) is 18.1 Å². The molecule has 37 heavy (non-hydrogen) atoms. The molecule has 1 fully saturated rings. The molecule has 0 aromatic heterocycles. The zero-order valence-electron chi connectivity index (χ0n) is 20.0. The molecule has 0 aliphatic carbocycles. The molecule has 2 amide bonds. The van der Waals surface area contributed by atoms with Crippen LogP contribution in [0.1, 0.15) is 34.3 Å². The minimum absolute atomic E-state index is 0.107. The van der Waals surface area contributed by atoms with Gasteiger partial charge in [0.2, 0.25) is 10.0 Å². The number of nitrogens with one attached hydrogen (secondary N) is 1. The number of halogens is 1. The maximum Gasteiger partial charge on any atom is 0.410 e. The van der Waals surface area contributed by atoms with Crippen molar-refractivity contribution in [3.63, 3.8) is 0 Å². The molecule has 1 heterocycles. The molecule has 194 valence electrons. The second kappa shape index (κ2) is 12.1. The number of amides is 2. The Hall–Kier alpha value is -3.56. The summed E-state index contributed by atoms with van der Waals surface area (Å²) in [5.74, 6) is -0.516. The summed E-state index contributed by atoms with van der Waals surface area (Å²) in [6.07, 6.45) is -0.110. The zero-order valence-corrected chi connectivity index (χ0v) is 21.6. The van der Waals surface area contributed by atoms with Gasteiger partial charge in [-0.2, -0.15) is 0 Å². The topological polar surface area (TPSA) is 102 Å². The van der Waals surface area contributed by atoms with E-state index in [2.05, 4.69) is 4.72 Å². The van der Waals surface area contributed by atoms with Crippen LogP contribution in [0.2, 0.25) is 5.02 Å². The minimum Gasteiger partial charge on any atom is -0.488 e. The highest BCUT2D eigenvalue weighted by Gasteiger charge is 2.33. The molecule has 1 aliphatic heterocycles. The molecule has 1 saturated heterocycles. The number of para-hydroxylation sites is 1. The van der Waals surface area contributed by atoms with Gasteiger partial charge in [-0.15, -0.1) is 0 Å². The first-order chi connectivity index (χ1) is 17.8. The van der Waals surface area contributed by atoms with E-state index < -0.39 is 27.3 Å². The van der Waals surface area contributed by atoms with Gasteiger partial charge in [0.15, 0.2) is 0 Å². The van der Waals surface area contributed by atoms with E-state index >= 15 is 0 Å². The molecular weight excluding hydrogens is 516 g/mol. The number of nitrogens with zero attached hydrogens (tertiary/aromatic N) is 1. The summed E-state index contributed by atoms with van der Waals surface area (Å²) >= 11 is 6.01. The molecule has 0 spiro atoms. The van der Waals surface area contributed by atoms with Crippen LogP contribution in [0.5, 0.6) is 5.75 Å². The number of benzene rings is 3. The van der Waals surface area contributed by atoms with E-state index in [1.165, 1.54) is 11.0 Å². The summed E-state index contributed by atoms with van der Waals surface area (Å²) in [7, 11) is -3.98. The van der Waals surface area contributed by atoms with Gasteiger partial charge in [-0.1, -0.05) is 66.2 Å². The average molecular weight is 543 g/mol. The SMILES string of the molecule is O=C(NS(=O)(=O)C1CCN(C(=O)OCc2ccccc2)CC1)c1ccccc1OCc1cccc(Cl)c1. The number of carbonyl (C=O) groups is 2. The molecule has 10 heteroatoms. The standard InChI is InChI=1S/C27H27ClN2O6S/c28-22-10-6-9-21(17-22)19-35-25-12-5-4-11-24(25)26(31)29-37(33,34)23-13-15-30(16-14-23)27(32)36-18-20-7-2-1-3-8-20/h1-12,17,23H,13-16,18-19H2,(H,29,31). The maximum absolute atomic E-state index is 13.0. The predicted molar refractivity (Wildman–Crippen MR) is 140 cm³/mol. The Morgan fingerprint density at radius 1 is 0.892 bits per heavy atom. The summed E-state index contributed by atoms with van der Waals surface area (Å²) in [6, 6.07) is 22.9. The molecule has 1 aliphatic rings. The highest BCUT2D eigenvalue weighted by molar-refractivity contribution is 7.90. The Morgan fingerprint density at radius 3 is 2.30 bits per heavy atom. The Kier molecular flexibility index (Phi) is 8.68. The summed E-state index contributed by atoms with van der Waals surface area (Å²) in [5.41, 5.74) is 1.78. The van der Waals surface area contributed by atoms with Crippen LogP contribution in [-0.4, -0.2) is 43.7 Å². The molecule has 3 aromatic carbocycles. The highest BCUT2D eigenvalue weighted by atomic mass is 35.5. The fraction of sp³-hybridized carbons (Fsp3) is 0.259. The van der Waals surface area contributed by atoms with E-state index in [1.54, 1.807) is 36.4 Å². The number of hydrogen-bond donors (Lipinski definition) is 1. The number of ether oxygens (including phenoxy) is 2. The van der Waals surface area contributed by atoms with E-state index in [1.807, 2.05) is 36.4 Å². The first-order valence-corrected chi connectivity index (χ1v) is 13.7. The van der Waals surface area contributed by atoms with E-state index in [4.69, 9.17) is 21.1 Å². The number of piperidine rings is 1. The normalized spacial score (nSPS) is 14.1. The van der Waals surface area contributed by atoms with Crippen LogP contribution >= 0.6 is 11.6 Å². The molecular formula is C27H27ClN2O6S. The van der Waals surface area contributed by atoms with Gasteiger partial charge in [0.05, 0.1) is 10.8 Å². The molecule has 8 nitrogen and oxygen atoms in total. The van der Waals surface area contributed by atoms with Crippen molar-refractivity contribution in [1.82, 2.24) is 9.62 Å². The van der Waals surface area contributed by atoms with Crippen molar-refractivity contribution in [3.05, 3.63) is 101 Å². The van der Waals surface area contributed by atoms with Crippen molar-refractivity contribution in [2.24, 2.45) is 0 Å². The Labute approximate surface area is 221 Å². The van der Waals surface area contributed by atoms with Crippen LogP contribution in [0.4, 0.5) is 4.79 Å². The minimum atomic E-state index is -3.98. The third-order valence-electron chi connectivity index (χ3n) is 5.99. The van der Waals surface area contributed by atoms with Crippen LogP contribution in [0, 0.1) is 0 Å². The monoisotopic (exact) mass is 542 g/mol. The van der Waals surface area contributed by atoms with Crippen molar-refractivity contribution >= 4 is 33.6 Å². The fourth-order valence-electron chi connectivity index (χ4n) is 3.99. The van der Waals surface area contributed by atoms with Crippen molar-refractivity contribution in [1.29, 1.82) is 0 Å². The van der Waals surface area contributed by atoms with E-state index in [9.17, 15) is 18.0 Å². The Bertz CT molecular complexity index is 1340. The largest absolute Gasteiger partial charge is 0.488 e. The quantitative estimate of drug-likeness (QED) is 0.439. The lowest BCUT2D eigenvalue weighted by atomic mass is 10.1. The fourth-order valence-corrected chi connectivity index (χ4v) is 5.57. The summed E-state index contributed by atoms with van der Waals surface area (Å²) in [6.45, 7) is 0.739. The Balaban J connectivity index is 1.31. The van der Waals surface area contributed by atoms with E-state index in [0.29, 0.717) is 5.02 Å². The first-order valence-electron chi connectivity index (χ1n) is 11.8. The Morgan fingerprint density at radius 2 is 1.57 bits per heavy atom. The van der Waals surface area contributed by atoms with E-state index in [0.717, 1.165) is 11.1 Å². The molecule has 3 aromatic rings. The lowest BCUT2D eigenvalue weighted by Crippen LogP contribution is -2.46. The van der Waals surface area contributed by atoms with Crippen molar-refractivity contribution < 1.29 is 27.5 Å². The van der Waals surface area contributed by atoms with Gasteiger partial charge in [0.1, 0.15) is 19.0 Å².